The number of carbonyl (C=O) groups excluding carboxylic acids is 1. The van der Waals surface area contributed by atoms with Crippen LogP contribution < -0.4 is 10.6 Å². The maximum Gasteiger partial charge on any atom is 0.276 e. The monoisotopic (exact) mass is 336 g/mol. The van der Waals surface area contributed by atoms with Gasteiger partial charge in [-0.25, -0.2) is 4.39 Å². The molecule has 0 bridgehead atoms. The van der Waals surface area contributed by atoms with E-state index in [4.69, 9.17) is 0 Å². The fourth-order valence-electron chi connectivity index (χ4n) is 2.30. The average Bonchev–Trinajstić information content (AvgIpc) is 2.61. The van der Waals surface area contributed by atoms with Gasteiger partial charge in [-0.15, -0.1) is 10.2 Å². The third-order valence-corrected chi connectivity index (χ3v) is 3.70. The maximum atomic E-state index is 13.1. The Hall–Kier alpha value is -3.28. The molecule has 2 N–H and O–H groups in total. The van der Waals surface area contributed by atoms with Crippen molar-refractivity contribution in [2.75, 3.05) is 10.6 Å². The number of aromatic nitrogens is 2. The SMILES string of the molecule is Cc1ccccc1CNc1ccc(C(=O)Nc2cccc(F)c2)nn1. The molecule has 25 heavy (non-hydrogen) atoms. The number of nitrogens with zero attached hydrogens (tertiary/aromatic N) is 2. The Morgan fingerprint density at radius 3 is 2.60 bits per heavy atom. The molecule has 0 aliphatic carbocycles. The van der Waals surface area contributed by atoms with E-state index in [1.807, 2.05) is 31.2 Å². The summed E-state index contributed by atoms with van der Waals surface area (Å²) in [6, 6.07) is 17.0. The number of hydrogen-bond donors (Lipinski definition) is 2. The minimum atomic E-state index is -0.441. The Morgan fingerprint density at radius 1 is 1.04 bits per heavy atom. The largest absolute Gasteiger partial charge is 0.364 e. The smallest absolute Gasteiger partial charge is 0.276 e. The zero-order valence-corrected chi connectivity index (χ0v) is 13.7. The molecule has 0 fully saturated rings. The molecular formula is C19H17FN4O. The molecule has 0 radical (unpaired) electrons. The average molecular weight is 336 g/mol. The van der Waals surface area contributed by atoms with Gasteiger partial charge in [0.25, 0.3) is 5.91 Å². The molecular weight excluding hydrogens is 319 g/mol. The summed E-state index contributed by atoms with van der Waals surface area (Å²) in [6.07, 6.45) is 0. The first-order valence-corrected chi connectivity index (χ1v) is 7.81. The first-order chi connectivity index (χ1) is 12.1. The van der Waals surface area contributed by atoms with Gasteiger partial charge in [-0.05, 0) is 48.4 Å². The van der Waals surface area contributed by atoms with Gasteiger partial charge in [0, 0.05) is 12.2 Å². The molecule has 1 amide bonds. The molecule has 0 saturated carbocycles. The van der Waals surface area contributed by atoms with Crippen LogP contribution in [0.4, 0.5) is 15.9 Å². The van der Waals surface area contributed by atoms with E-state index in [-0.39, 0.29) is 5.69 Å². The Morgan fingerprint density at radius 2 is 1.88 bits per heavy atom. The van der Waals surface area contributed by atoms with Gasteiger partial charge in [0.15, 0.2) is 5.69 Å². The summed E-state index contributed by atoms with van der Waals surface area (Å²) in [5, 5.41) is 13.7. The molecule has 0 spiro atoms. The summed E-state index contributed by atoms with van der Waals surface area (Å²) in [6.45, 7) is 2.67. The first kappa shape index (κ1) is 16.6. The lowest BCUT2D eigenvalue weighted by Crippen LogP contribution is -2.15. The van der Waals surface area contributed by atoms with Gasteiger partial charge in [-0.3, -0.25) is 4.79 Å². The zero-order valence-electron chi connectivity index (χ0n) is 13.7. The second-order valence-electron chi connectivity index (χ2n) is 5.55. The first-order valence-electron chi connectivity index (χ1n) is 7.81. The van der Waals surface area contributed by atoms with E-state index < -0.39 is 11.7 Å². The van der Waals surface area contributed by atoms with E-state index in [0.717, 1.165) is 5.56 Å². The molecule has 5 nitrogen and oxygen atoms in total. The summed E-state index contributed by atoms with van der Waals surface area (Å²) < 4.78 is 13.1. The number of rotatable bonds is 5. The zero-order chi connectivity index (χ0) is 17.6. The van der Waals surface area contributed by atoms with Gasteiger partial charge in [-0.1, -0.05) is 30.3 Å². The van der Waals surface area contributed by atoms with Crippen molar-refractivity contribution >= 4 is 17.4 Å². The van der Waals surface area contributed by atoms with Crippen molar-refractivity contribution in [1.29, 1.82) is 0 Å². The van der Waals surface area contributed by atoms with Crippen LogP contribution in [0, 0.1) is 12.7 Å². The fourth-order valence-corrected chi connectivity index (χ4v) is 2.30. The standard InChI is InChI=1S/C19H17FN4O/c1-13-5-2-3-6-14(13)12-21-18-10-9-17(23-24-18)19(25)22-16-8-4-7-15(20)11-16/h2-11H,12H2,1H3,(H,21,24)(H,22,25). The van der Waals surface area contributed by atoms with Crippen LogP contribution in [0.1, 0.15) is 21.6 Å². The number of halogens is 1. The van der Waals surface area contributed by atoms with Gasteiger partial charge in [0.1, 0.15) is 11.6 Å². The lowest BCUT2D eigenvalue weighted by atomic mass is 10.1. The van der Waals surface area contributed by atoms with Crippen LogP contribution in [-0.2, 0) is 6.54 Å². The highest BCUT2D eigenvalue weighted by molar-refractivity contribution is 6.02. The number of nitrogens with one attached hydrogen (secondary N) is 2. The molecule has 3 aromatic rings. The van der Waals surface area contributed by atoms with Crippen molar-refractivity contribution in [3.05, 3.63) is 83.3 Å². The van der Waals surface area contributed by atoms with Gasteiger partial charge in [0.2, 0.25) is 0 Å². The third kappa shape index (κ3) is 4.38. The molecule has 2 aromatic carbocycles. The Kier molecular flexibility index (Phi) is 4.99. The molecule has 126 valence electrons. The summed E-state index contributed by atoms with van der Waals surface area (Å²) in [5.41, 5.74) is 2.88. The van der Waals surface area contributed by atoms with Gasteiger partial charge in [-0.2, -0.15) is 0 Å². The number of anilines is 2. The number of hydrogen-bond acceptors (Lipinski definition) is 4. The van der Waals surface area contributed by atoms with E-state index in [0.29, 0.717) is 18.1 Å². The normalized spacial score (nSPS) is 10.3. The minimum absolute atomic E-state index is 0.158. The van der Waals surface area contributed by atoms with Gasteiger partial charge in [0.05, 0.1) is 0 Å². The quantitative estimate of drug-likeness (QED) is 0.744. The van der Waals surface area contributed by atoms with Gasteiger partial charge >= 0.3 is 0 Å². The summed E-state index contributed by atoms with van der Waals surface area (Å²) in [4.78, 5) is 12.1. The highest BCUT2D eigenvalue weighted by Crippen LogP contribution is 2.12. The number of aryl methyl sites for hydroxylation is 1. The third-order valence-electron chi connectivity index (χ3n) is 3.70. The number of amides is 1. The van der Waals surface area contributed by atoms with Crippen LogP contribution in [-0.4, -0.2) is 16.1 Å². The summed E-state index contributed by atoms with van der Waals surface area (Å²) in [7, 11) is 0. The number of benzene rings is 2. The van der Waals surface area contributed by atoms with Crippen molar-refractivity contribution in [2.24, 2.45) is 0 Å². The number of carbonyl (C=O) groups is 1. The lowest BCUT2D eigenvalue weighted by molar-refractivity contribution is 0.102. The molecule has 0 atom stereocenters. The Balaban J connectivity index is 1.61. The van der Waals surface area contributed by atoms with E-state index in [9.17, 15) is 9.18 Å². The second kappa shape index (κ2) is 7.53. The maximum absolute atomic E-state index is 13.1. The molecule has 1 aromatic heterocycles. The van der Waals surface area contributed by atoms with Crippen molar-refractivity contribution < 1.29 is 9.18 Å². The molecule has 3 rings (SSSR count). The molecule has 0 unspecified atom stereocenters. The molecule has 0 aliphatic heterocycles. The van der Waals surface area contributed by atoms with Crippen LogP contribution in [0.5, 0.6) is 0 Å². The van der Waals surface area contributed by atoms with E-state index in [2.05, 4.69) is 20.8 Å². The van der Waals surface area contributed by atoms with Crippen molar-refractivity contribution in [2.45, 2.75) is 13.5 Å². The van der Waals surface area contributed by atoms with Crippen molar-refractivity contribution in [1.82, 2.24) is 10.2 Å². The van der Waals surface area contributed by atoms with E-state index >= 15 is 0 Å². The fraction of sp³-hybridized carbons (Fsp3) is 0.105. The lowest BCUT2D eigenvalue weighted by Gasteiger charge is -2.08. The van der Waals surface area contributed by atoms with Crippen LogP contribution in [0.25, 0.3) is 0 Å². The minimum Gasteiger partial charge on any atom is -0.364 e. The Labute approximate surface area is 144 Å². The molecule has 1 heterocycles. The Bertz CT molecular complexity index is 881. The topological polar surface area (TPSA) is 66.9 Å². The van der Waals surface area contributed by atoms with Crippen LogP contribution >= 0.6 is 0 Å². The highest BCUT2D eigenvalue weighted by atomic mass is 19.1. The predicted molar refractivity (Wildman–Crippen MR) is 94.9 cm³/mol. The van der Waals surface area contributed by atoms with Crippen molar-refractivity contribution in [3.63, 3.8) is 0 Å². The second-order valence-corrected chi connectivity index (χ2v) is 5.55. The van der Waals surface area contributed by atoms with Crippen LogP contribution in [0.3, 0.4) is 0 Å². The van der Waals surface area contributed by atoms with E-state index in [1.165, 1.54) is 23.8 Å². The van der Waals surface area contributed by atoms with Crippen LogP contribution in [0.2, 0.25) is 0 Å². The summed E-state index contributed by atoms with van der Waals surface area (Å²) in [5.74, 6) is -0.284. The predicted octanol–water partition coefficient (Wildman–Crippen LogP) is 3.79. The van der Waals surface area contributed by atoms with E-state index in [1.54, 1.807) is 18.2 Å². The van der Waals surface area contributed by atoms with Crippen molar-refractivity contribution in [3.8, 4) is 0 Å². The highest BCUT2D eigenvalue weighted by Gasteiger charge is 2.09. The van der Waals surface area contributed by atoms with Crippen LogP contribution in [0.15, 0.2) is 60.7 Å². The molecule has 0 saturated heterocycles. The molecule has 0 aliphatic rings. The summed E-state index contributed by atoms with van der Waals surface area (Å²) >= 11 is 0. The van der Waals surface area contributed by atoms with Gasteiger partial charge < -0.3 is 10.6 Å². The molecule has 6 heteroatoms.